The Morgan fingerprint density at radius 2 is 2.10 bits per heavy atom. The number of aliphatic hydroxyl groups excluding tert-OH is 1. The summed E-state index contributed by atoms with van der Waals surface area (Å²) >= 11 is 0. The lowest BCUT2D eigenvalue weighted by molar-refractivity contribution is 0.331. The van der Waals surface area contributed by atoms with Gasteiger partial charge in [-0.3, -0.25) is 0 Å². The summed E-state index contributed by atoms with van der Waals surface area (Å²) in [4.78, 5) is 0. The molecule has 0 aromatic rings. The van der Waals surface area contributed by atoms with Gasteiger partial charge in [-0.05, 0) is 26.7 Å². The van der Waals surface area contributed by atoms with Crippen LogP contribution in [0.25, 0.3) is 0 Å². The second kappa shape index (κ2) is 6.56. The summed E-state index contributed by atoms with van der Waals surface area (Å²) in [7, 11) is 0. The van der Waals surface area contributed by atoms with E-state index in [-0.39, 0.29) is 6.61 Å². The van der Waals surface area contributed by atoms with Crippen LogP contribution in [0.1, 0.15) is 26.7 Å². The Morgan fingerprint density at radius 3 is 2.60 bits per heavy atom. The summed E-state index contributed by atoms with van der Waals surface area (Å²) < 4.78 is 0. The summed E-state index contributed by atoms with van der Waals surface area (Å²) in [6.07, 6.45) is 8.36. The number of rotatable bonds is 4. The molecule has 0 aliphatic carbocycles. The molecule has 0 rings (SSSR count). The molecule has 0 aliphatic heterocycles. The van der Waals surface area contributed by atoms with Gasteiger partial charge in [-0.2, -0.15) is 0 Å². The maximum absolute atomic E-state index is 8.60. The van der Waals surface area contributed by atoms with Crippen LogP contribution >= 0.6 is 0 Å². The lowest BCUT2D eigenvalue weighted by Gasteiger charge is -1.91. The van der Waals surface area contributed by atoms with E-state index < -0.39 is 0 Å². The molecule has 0 unspecified atom stereocenters. The summed E-state index contributed by atoms with van der Waals surface area (Å²) in [6, 6.07) is 0. The van der Waals surface area contributed by atoms with Gasteiger partial charge in [0.2, 0.25) is 0 Å². The number of unbranched alkanes of at least 4 members (excludes halogenated alkanes) is 1. The Hall–Kier alpha value is -0.560. The first-order chi connectivity index (χ1) is 4.81. The Labute approximate surface area is 63.1 Å². The van der Waals surface area contributed by atoms with Crippen LogP contribution in [0, 0.1) is 0 Å². The van der Waals surface area contributed by atoms with Crippen molar-refractivity contribution in [2.24, 2.45) is 0 Å². The molecule has 10 heavy (non-hydrogen) atoms. The highest BCUT2D eigenvalue weighted by molar-refractivity contribution is 4.98. The molecule has 0 aliphatic rings. The third kappa shape index (κ3) is 5.57. The summed E-state index contributed by atoms with van der Waals surface area (Å²) in [5.74, 6) is 0. The molecule has 0 aromatic heterocycles. The van der Waals surface area contributed by atoms with E-state index in [0.29, 0.717) is 0 Å². The van der Waals surface area contributed by atoms with E-state index in [1.807, 2.05) is 19.9 Å². The number of aliphatic hydroxyl groups is 1. The van der Waals surface area contributed by atoms with Crippen molar-refractivity contribution in [2.45, 2.75) is 26.7 Å². The van der Waals surface area contributed by atoms with Crippen LogP contribution in [0.2, 0.25) is 0 Å². The lowest BCUT2D eigenvalue weighted by atomic mass is 10.2. The second-order valence-electron chi connectivity index (χ2n) is 2.35. The van der Waals surface area contributed by atoms with Gasteiger partial charge in [0.1, 0.15) is 0 Å². The minimum absolute atomic E-state index is 0.190. The van der Waals surface area contributed by atoms with Crippen molar-refractivity contribution in [1.29, 1.82) is 0 Å². The molecule has 1 heteroatoms. The van der Waals surface area contributed by atoms with Gasteiger partial charge < -0.3 is 5.11 Å². The molecule has 0 radical (unpaired) electrons. The third-order valence-electron chi connectivity index (χ3n) is 1.31. The van der Waals surface area contributed by atoms with Crippen LogP contribution in [0.5, 0.6) is 0 Å². The molecule has 0 spiro atoms. The SMILES string of the molecule is CC=CCCC=C(C)CO. The van der Waals surface area contributed by atoms with Gasteiger partial charge in [-0.25, -0.2) is 0 Å². The number of hydrogen-bond donors (Lipinski definition) is 1. The molecule has 1 nitrogen and oxygen atoms in total. The van der Waals surface area contributed by atoms with Gasteiger partial charge in [0, 0.05) is 0 Å². The van der Waals surface area contributed by atoms with Crippen molar-refractivity contribution in [3.63, 3.8) is 0 Å². The minimum Gasteiger partial charge on any atom is -0.392 e. The molecule has 0 saturated heterocycles. The van der Waals surface area contributed by atoms with Crippen molar-refractivity contribution in [3.8, 4) is 0 Å². The van der Waals surface area contributed by atoms with E-state index in [1.54, 1.807) is 0 Å². The maximum atomic E-state index is 8.60. The Kier molecular flexibility index (Phi) is 6.19. The average molecular weight is 140 g/mol. The van der Waals surface area contributed by atoms with Crippen molar-refractivity contribution in [3.05, 3.63) is 23.8 Å². The smallest absolute Gasteiger partial charge is 0.0639 e. The van der Waals surface area contributed by atoms with Crippen LogP contribution in [-0.4, -0.2) is 11.7 Å². The molecule has 1 N–H and O–H groups in total. The summed E-state index contributed by atoms with van der Waals surface area (Å²) in [5, 5.41) is 8.60. The fourth-order valence-electron chi connectivity index (χ4n) is 0.657. The van der Waals surface area contributed by atoms with Crippen molar-refractivity contribution in [2.75, 3.05) is 6.61 Å². The quantitative estimate of drug-likeness (QED) is 0.469. The van der Waals surface area contributed by atoms with Crippen LogP contribution in [-0.2, 0) is 0 Å². The first-order valence-electron chi connectivity index (χ1n) is 3.69. The van der Waals surface area contributed by atoms with E-state index in [0.717, 1.165) is 18.4 Å². The molecular formula is C9H16O. The maximum Gasteiger partial charge on any atom is 0.0639 e. The lowest BCUT2D eigenvalue weighted by Crippen LogP contribution is -1.82. The summed E-state index contributed by atoms with van der Waals surface area (Å²) in [5.41, 5.74) is 1.06. The first-order valence-corrected chi connectivity index (χ1v) is 3.69. The highest BCUT2D eigenvalue weighted by atomic mass is 16.3. The van der Waals surface area contributed by atoms with E-state index >= 15 is 0 Å². The normalized spacial score (nSPS) is 12.9. The minimum atomic E-state index is 0.190. The van der Waals surface area contributed by atoms with Gasteiger partial charge in [0.25, 0.3) is 0 Å². The molecule has 0 aromatic carbocycles. The molecule has 58 valence electrons. The first kappa shape index (κ1) is 9.44. The van der Waals surface area contributed by atoms with E-state index in [2.05, 4.69) is 12.2 Å². The fourth-order valence-corrected chi connectivity index (χ4v) is 0.657. The molecule has 0 amide bonds. The summed E-state index contributed by atoms with van der Waals surface area (Å²) in [6.45, 7) is 4.15. The molecular weight excluding hydrogens is 124 g/mol. The van der Waals surface area contributed by atoms with Gasteiger partial charge in [0.15, 0.2) is 0 Å². The highest BCUT2D eigenvalue weighted by Crippen LogP contribution is 1.97. The van der Waals surface area contributed by atoms with E-state index in [9.17, 15) is 0 Å². The van der Waals surface area contributed by atoms with Crippen molar-refractivity contribution >= 4 is 0 Å². The largest absolute Gasteiger partial charge is 0.392 e. The molecule has 0 heterocycles. The van der Waals surface area contributed by atoms with Crippen LogP contribution < -0.4 is 0 Å². The van der Waals surface area contributed by atoms with Crippen molar-refractivity contribution in [1.82, 2.24) is 0 Å². The van der Waals surface area contributed by atoms with Crippen LogP contribution in [0.3, 0.4) is 0 Å². The second-order valence-corrected chi connectivity index (χ2v) is 2.35. The Morgan fingerprint density at radius 1 is 1.40 bits per heavy atom. The monoisotopic (exact) mass is 140 g/mol. The van der Waals surface area contributed by atoms with E-state index in [4.69, 9.17) is 5.11 Å². The Bertz CT molecular complexity index is 123. The number of allylic oxidation sites excluding steroid dienone is 3. The highest BCUT2D eigenvalue weighted by Gasteiger charge is 1.82. The predicted molar refractivity (Wildman–Crippen MR) is 44.9 cm³/mol. The molecule has 0 atom stereocenters. The van der Waals surface area contributed by atoms with Crippen molar-refractivity contribution < 1.29 is 5.11 Å². The molecule has 0 fully saturated rings. The zero-order valence-electron chi connectivity index (χ0n) is 6.80. The Balaban J connectivity index is 3.33. The van der Waals surface area contributed by atoms with Crippen LogP contribution in [0.4, 0.5) is 0 Å². The van der Waals surface area contributed by atoms with Gasteiger partial charge in [-0.15, -0.1) is 0 Å². The third-order valence-corrected chi connectivity index (χ3v) is 1.31. The van der Waals surface area contributed by atoms with E-state index in [1.165, 1.54) is 0 Å². The van der Waals surface area contributed by atoms with Gasteiger partial charge in [-0.1, -0.05) is 23.8 Å². The average Bonchev–Trinajstić information content (AvgIpc) is 1.98. The van der Waals surface area contributed by atoms with Crippen LogP contribution in [0.15, 0.2) is 23.8 Å². The molecule has 0 bridgehead atoms. The zero-order chi connectivity index (χ0) is 7.82. The van der Waals surface area contributed by atoms with Gasteiger partial charge >= 0.3 is 0 Å². The zero-order valence-corrected chi connectivity index (χ0v) is 6.80. The van der Waals surface area contributed by atoms with Gasteiger partial charge in [0.05, 0.1) is 6.61 Å². The number of hydrogen-bond acceptors (Lipinski definition) is 1. The predicted octanol–water partition coefficient (Wildman–Crippen LogP) is 2.28. The fraction of sp³-hybridized carbons (Fsp3) is 0.556. The molecule has 0 saturated carbocycles. The standard InChI is InChI=1S/C9H16O/c1-3-4-5-6-7-9(2)8-10/h3-4,7,10H,5-6,8H2,1-2H3. The topological polar surface area (TPSA) is 20.2 Å².